The minimum atomic E-state index is -0.103. The zero-order valence-electron chi connectivity index (χ0n) is 14.5. The van der Waals surface area contributed by atoms with E-state index < -0.39 is 0 Å². The van der Waals surface area contributed by atoms with Crippen LogP contribution in [0.15, 0.2) is 58.2 Å². The van der Waals surface area contributed by atoms with Crippen LogP contribution in [0.5, 0.6) is 0 Å². The molecule has 1 heterocycles. The smallest absolute Gasteiger partial charge is 0.0957 e. The molecule has 2 nitrogen and oxygen atoms in total. The van der Waals surface area contributed by atoms with E-state index in [1.165, 1.54) is 16.7 Å². The molecule has 4 heteroatoms. The number of aryl methyl sites for hydroxylation is 1. The third-order valence-corrected chi connectivity index (χ3v) is 6.84. The molecule has 3 rings (SSSR count). The first-order chi connectivity index (χ1) is 12.2. The van der Waals surface area contributed by atoms with Crippen LogP contribution in [0.4, 0.5) is 0 Å². The third kappa shape index (κ3) is 4.73. The van der Waals surface area contributed by atoms with Crippen molar-refractivity contribution >= 4 is 27.7 Å². The van der Waals surface area contributed by atoms with Gasteiger partial charge in [-0.15, -0.1) is 0 Å². The van der Waals surface area contributed by atoms with E-state index in [4.69, 9.17) is 0 Å². The fourth-order valence-corrected chi connectivity index (χ4v) is 5.19. The summed E-state index contributed by atoms with van der Waals surface area (Å²) in [5.41, 5.74) is 3.85. The molecule has 1 aliphatic heterocycles. The van der Waals surface area contributed by atoms with Gasteiger partial charge in [0.1, 0.15) is 0 Å². The summed E-state index contributed by atoms with van der Waals surface area (Å²) in [5.74, 6) is 2.96. The molecule has 2 aromatic rings. The molecule has 0 aromatic heterocycles. The largest absolute Gasteiger partial charge is 0.162 e. The zero-order chi connectivity index (χ0) is 17.6. The Hall–Kier alpha value is -1.13. The first-order valence-electron chi connectivity index (χ1n) is 8.90. The Morgan fingerprint density at radius 1 is 1.12 bits per heavy atom. The minimum absolute atomic E-state index is 0.103. The van der Waals surface area contributed by atoms with Crippen LogP contribution in [0.1, 0.15) is 41.9 Å². The van der Waals surface area contributed by atoms with Crippen LogP contribution in [-0.2, 0) is 0 Å². The lowest BCUT2D eigenvalue weighted by molar-refractivity contribution is 0.365. The van der Waals surface area contributed by atoms with Crippen LogP contribution < -0.4 is 0 Å². The van der Waals surface area contributed by atoms with Crippen molar-refractivity contribution in [1.82, 2.24) is 0 Å². The Bertz CT molecular complexity index is 697. The number of benzene rings is 2. The lowest BCUT2D eigenvalue weighted by atomic mass is 9.80. The van der Waals surface area contributed by atoms with Crippen molar-refractivity contribution in [2.45, 2.75) is 38.1 Å². The first-order valence-corrected chi connectivity index (χ1v) is 10.8. The molecule has 0 aliphatic carbocycles. The highest BCUT2D eigenvalue weighted by Crippen LogP contribution is 2.37. The second-order valence-corrected chi connectivity index (χ2v) is 8.96. The monoisotopic (exact) mass is 417 g/mol. The minimum Gasteiger partial charge on any atom is -0.162 e. The van der Waals surface area contributed by atoms with Gasteiger partial charge in [-0.1, -0.05) is 57.5 Å². The summed E-state index contributed by atoms with van der Waals surface area (Å²) in [7, 11) is 0. The molecule has 1 fully saturated rings. The van der Waals surface area contributed by atoms with E-state index in [0.29, 0.717) is 5.92 Å². The van der Waals surface area contributed by atoms with E-state index >= 15 is 0 Å². The van der Waals surface area contributed by atoms with Crippen LogP contribution in [0.3, 0.4) is 0 Å². The number of hydrogen-bond donors (Lipinski definition) is 0. The highest BCUT2D eigenvalue weighted by Gasteiger charge is 2.29. The SMILES string of the molecule is Cc1ccccc1C(CC(N=O)C1CCSCC1)c1ccc(Br)cc1. The average molecular weight is 418 g/mol. The van der Waals surface area contributed by atoms with Gasteiger partial charge in [-0.25, -0.2) is 0 Å². The van der Waals surface area contributed by atoms with Gasteiger partial charge in [0.15, 0.2) is 0 Å². The van der Waals surface area contributed by atoms with E-state index in [1.807, 2.05) is 11.8 Å². The maximum absolute atomic E-state index is 11.7. The normalized spacial score (nSPS) is 17.8. The lowest BCUT2D eigenvalue weighted by Gasteiger charge is -2.29. The number of hydrogen-bond acceptors (Lipinski definition) is 3. The van der Waals surface area contributed by atoms with Crippen molar-refractivity contribution in [2.75, 3.05) is 11.5 Å². The van der Waals surface area contributed by atoms with E-state index in [1.54, 1.807) is 0 Å². The van der Waals surface area contributed by atoms with Gasteiger partial charge in [-0.05, 0) is 72.4 Å². The fourth-order valence-electron chi connectivity index (χ4n) is 3.78. The van der Waals surface area contributed by atoms with Crippen LogP contribution >= 0.6 is 27.7 Å². The van der Waals surface area contributed by atoms with Crippen LogP contribution in [0.2, 0.25) is 0 Å². The predicted molar refractivity (Wildman–Crippen MR) is 111 cm³/mol. The summed E-state index contributed by atoms with van der Waals surface area (Å²) in [6.07, 6.45) is 3.02. The standard InChI is InChI=1S/C21H24BrNOS/c1-15-4-2-3-5-19(15)20(16-6-8-18(22)9-7-16)14-21(23-24)17-10-12-25-13-11-17/h2-9,17,20-21H,10-14H2,1H3. The van der Waals surface area contributed by atoms with Gasteiger partial charge in [0.25, 0.3) is 0 Å². The zero-order valence-corrected chi connectivity index (χ0v) is 16.9. The van der Waals surface area contributed by atoms with E-state index in [0.717, 1.165) is 35.2 Å². The van der Waals surface area contributed by atoms with Gasteiger partial charge in [0.2, 0.25) is 0 Å². The maximum atomic E-state index is 11.7. The molecule has 1 saturated heterocycles. The first kappa shape index (κ1) is 18.7. The Kier molecular flexibility index (Phi) is 6.71. The lowest BCUT2D eigenvalue weighted by Crippen LogP contribution is -2.25. The Labute approximate surface area is 162 Å². The second-order valence-electron chi connectivity index (χ2n) is 6.82. The second kappa shape index (κ2) is 9.00. The van der Waals surface area contributed by atoms with E-state index in [9.17, 15) is 4.91 Å². The van der Waals surface area contributed by atoms with Gasteiger partial charge >= 0.3 is 0 Å². The van der Waals surface area contributed by atoms with Crippen LogP contribution in [-0.4, -0.2) is 17.5 Å². The van der Waals surface area contributed by atoms with Gasteiger partial charge in [-0.2, -0.15) is 16.7 Å². The molecule has 0 amide bonds. The van der Waals surface area contributed by atoms with Crippen LogP contribution in [0, 0.1) is 17.7 Å². The van der Waals surface area contributed by atoms with Crippen molar-refractivity contribution in [3.63, 3.8) is 0 Å². The maximum Gasteiger partial charge on any atom is 0.0957 e. The third-order valence-electron chi connectivity index (χ3n) is 5.26. The summed E-state index contributed by atoms with van der Waals surface area (Å²) < 4.78 is 1.08. The average Bonchev–Trinajstić information content (AvgIpc) is 2.65. The number of nitroso groups, excluding NO2 is 1. The highest BCUT2D eigenvalue weighted by molar-refractivity contribution is 9.10. The molecule has 1 aliphatic rings. The number of rotatable bonds is 6. The van der Waals surface area contributed by atoms with Gasteiger partial charge < -0.3 is 0 Å². The summed E-state index contributed by atoms with van der Waals surface area (Å²) >= 11 is 5.51. The molecule has 2 aromatic carbocycles. The summed E-state index contributed by atoms with van der Waals surface area (Å²) in [4.78, 5) is 11.7. The molecular formula is C21H24BrNOS. The number of halogens is 1. The molecule has 2 unspecified atom stereocenters. The number of thioether (sulfide) groups is 1. The number of nitrogens with zero attached hydrogens (tertiary/aromatic N) is 1. The van der Waals surface area contributed by atoms with Crippen LogP contribution in [0.25, 0.3) is 0 Å². The summed E-state index contributed by atoms with van der Waals surface area (Å²) in [6.45, 7) is 2.15. The van der Waals surface area contributed by atoms with Crippen molar-refractivity contribution in [1.29, 1.82) is 0 Å². The molecule has 0 bridgehead atoms. The molecule has 0 saturated carbocycles. The molecular weight excluding hydrogens is 394 g/mol. The van der Waals surface area contributed by atoms with Crippen molar-refractivity contribution in [2.24, 2.45) is 11.1 Å². The molecule has 0 radical (unpaired) electrons. The predicted octanol–water partition coefficient (Wildman–Crippen LogP) is 6.56. The van der Waals surface area contributed by atoms with Crippen molar-refractivity contribution < 1.29 is 0 Å². The molecule has 0 spiro atoms. The topological polar surface area (TPSA) is 29.4 Å². The van der Waals surface area contributed by atoms with E-state index in [-0.39, 0.29) is 12.0 Å². The Morgan fingerprint density at radius 2 is 1.80 bits per heavy atom. The van der Waals surface area contributed by atoms with Gasteiger partial charge in [0, 0.05) is 10.4 Å². The molecule has 25 heavy (non-hydrogen) atoms. The summed E-state index contributed by atoms with van der Waals surface area (Å²) in [6, 6.07) is 16.9. The highest BCUT2D eigenvalue weighted by atomic mass is 79.9. The Morgan fingerprint density at radius 3 is 2.44 bits per heavy atom. The molecule has 0 N–H and O–H groups in total. The van der Waals surface area contributed by atoms with Gasteiger partial charge in [0.05, 0.1) is 6.04 Å². The van der Waals surface area contributed by atoms with Crippen molar-refractivity contribution in [3.05, 3.63) is 74.6 Å². The fraction of sp³-hybridized carbons (Fsp3) is 0.429. The molecule has 2 atom stereocenters. The quantitative estimate of drug-likeness (QED) is 0.498. The van der Waals surface area contributed by atoms with Gasteiger partial charge in [-0.3, -0.25) is 0 Å². The molecule has 132 valence electrons. The summed E-state index contributed by atoms with van der Waals surface area (Å²) in [5, 5.41) is 3.58. The van der Waals surface area contributed by atoms with E-state index in [2.05, 4.69) is 76.6 Å². The van der Waals surface area contributed by atoms with Crippen molar-refractivity contribution in [3.8, 4) is 0 Å². The Balaban J connectivity index is 1.91.